The van der Waals surface area contributed by atoms with Crippen molar-refractivity contribution in [2.75, 3.05) is 14.1 Å². The van der Waals surface area contributed by atoms with Gasteiger partial charge < -0.3 is 4.90 Å². The van der Waals surface area contributed by atoms with Crippen molar-refractivity contribution in [3.8, 4) is 0 Å². The van der Waals surface area contributed by atoms with Gasteiger partial charge in [-0.2, -0.15) is 0 Å². The normalized spacial score (nSPS) is 18.4. The highest BCUT2D eigenvalue weighted by Gasteiger charge is 2.46. The molecule has 0 amide bonds. The molecule has 0 spiro atoms. The molecule has 1 aliphatic carbocycles. The molecule has 1 aliphatic rings. The molecule has 1 saturated carbocycles. The van der Waals surface area contributed by atoms with Crippen LogP contribution in [0.5, 0.6) is 0 Å². The minimum absolute atomic E-state index is 0.377. The predicted molar refractivity (Wildman–Crippen MR) is 88.4 cm³/mol. The molecule has 0 aromatic heterocycles. The quantitative estimate of drug-likeness (QED) is 0.658. The molecule has 1 aromatic rings. The van der Waals surface area contributed by atoms with Crippen LogP contribution in [0.4, 0.5) is 0 Å². The van der Waals surface area contributed by atoms with E-state index in [1.54, 1.807) is 0 Å². The van der Waals surface area contributed by atoms with Crippen LogP contribution in [0.1, 0.15) is 44.6 Å². The van der Waals surface area contributed by atoms with Gasteiger partial charge in [0.2, 0.25) is 0 Å². The fourth-order valence-corrected chi connectivity index (χ4v) is 3.04. The van der Waals surface area contributed by atoms with Gasteiger partial charge in [0.1, 0.15) is 0 Å². The third kappa shape index (κ3) is 3.27. The smallest absolute Gasteiger partial charge is 0.0406 e. The maximum Gasteiger partial charge on any atom is 0.0406 e. The Kier molecular flexibility index (Phi) is 4.61. The van der Waals surface area contributed by atoms with E-state index < -0.39 is 0 Å². The van der Waals surface area contributed by atoms with Crippen molar-refractivity contribution >= 4 is 11.6 Å². The van der Waals surface area contributed by atoms with E-state index in [1.165, 1.54) is 30.4 Å². The van der Waals surface area contributed by atoms with Crippen LogP contribution in [0.15, 0.2) is 36.4 Å². The molecule has 2 heteroatoms. The zero-order valence-corrected chi connectivity index (χ0v) is 13.9. The highest BCUT2D eigenvalue weighted by Crippen LogP contribution is 2.49. The fraction of sp³-hybridized carbons (Fsp3) is 0.556. The second-order valence-electron chi connectivity index (χ2n) is 6.66. The predicted octanol–water partition coefficient (Wildman–Crippen LogP) is 5.12. The van der Waals surface area contributed by atoms with Crippen LogP contribution in [-0.4, -0.2) is 24.5 Å². The number of allylic oxidation sites excluding steroid dienone is 1. The lowest BCUT2D eigenvalue weighted by atomic mass is 9.80. The first-order valence-corrected chi connectivity index (χ1v) is 7.85. The molecule has 0 bridgehead atoms. The molecule has 0 heterocycles. The van der Waals surface area contributed by atoms with Crippen LogP contribution >= 0.6 is 11.6 Å². The average molecular weight is 292 g/mol. The van der Waals surface area contributed by atoms with Crippen LogP contribution < -0.4 is 0 Å². The van der Waals surface area contributed by atoms with Crippen LogP contribution in [0.25, 0.3) is 0 Å². The number of nitrogens with zero attached hydrogens (tertiary/aromatic N) is 1. The molecule has 0 N–H and O–H groups in total. The second-order valence-corrected chi connectivity index (χ2v) is 7.09. The van der Waals surface area contributed by atoms with Crippen molar-refractivity contribution in [3.05, 3.63) is 47.0 Å². The van der Waals surface area contributed by atoms with Gasteiger partial charge in [-0.3, -0.25) is 0 Å². The third-order valence-corrected chi connectivity index (χ3v) is 5.07. The summed E-state index contributed by atoms with van der Waals surface area (Å²) in [5, 5.41) is 0.802. The zero-order valence-electron chi connectivity index (χ0n) is 13.1. The van der Waals surface area contributed by atoms with Gasteiger partial charge in [-0.25, -0.2) is 0 Å². The molecule has 1 fully saturated rings. The van der Waals surface area contributed by atoms with E-state index in [1.807, 2.05) is 12.1 Å². The maximum atomic E-state index is 6.02. The number of rotatable bonds is 6. The first-order valence-electron chi connectivity index (χ1n) is 7.47. The molecule has 0 radical (unpaired) electrons. The molecule has 20 heavy (non-hydrogen) atoms. The topological polar surface area (TPSA) is 3.24 Å². The number of benzene rings is 1. The van der Waals surface area contributed by atoms with Crippen molar-refractivity contribution in [1.29, 1.82) is 0 Å². The first kappa shape index (κ1) is 15.6. The Balaban J connectivity index is 2.26. The van der Waals surface area contributed by atoms with E-state index in [-0.39, 0.29) is 0 Å². The second kappa shape index (κ2) is 5.91. The Morgan fingerprint density at radius 3 is 2.20 bits per heavy atom. The van der Waals surface area contributed by atoms with Gasteiger partial charge in [0.15, 0.2) is 0 Å². The highest BCUT2D eigenvalue weighted by molar-refractivity contribution is 6.30. The van der Waals surface area contributed by atoms with Crippen molar-refractivity contribution in [1.82, 2.24) is 4.90 Å². The average Bonchev–Trinajstić information content (AvgIpc) is 3.17. The van der Waals surface area contributed by atoms with Crippen molar-refractivity contribution in [2.24, 2.45) is 5.92 Å². The maximum absolute atomic E-state index is 6.02. The van der Waals surface area contributed by atoms with E-state index in [4.69, 9.17) is 11.6 Å². The number of hydrogen-bond donors (Lipinski definition) is 0. The minimum Gasteiger partial charge on any atom is -0.304 e. The molecule has 2 rings (SSSR count). The van der Waals surface area contributed by atoms with Gasteiger partial charge in [0.25, 0.3) is 0 Å². The largest absolute Gasteiger partial charge is 0.304 e. The molecule has 0 saturated heterocycles. The SMILES string of the molecule is C=C(C(C)C)C(CC1(N(C)C)CC1)c1ccc(Cl)cc1. The summed E-state index contributed by atoms with van der Waals surface area (Å²) in [5.41, 5.74) is 3.06. The summed E-state index contributed by atoms with van der Waals surface area (Å²) in [6.07, 6.45) is 3.77. The third-order valence-electron chi connectivity index (χ3n) is 4.82. The van der Waals surface area contributed by atoms with Gasteiger partial charge in [0, 0.05) is 16.5 Å². The minimum atomic E-state index is 0.377. The first-order chi connectivity index (χ1) is 9.35. The summed E-state index contributed by atoms with van der Waals surface area (Å²) in [6.45, 7) is 8.85. The van der Waals surface area contributed by atoms with Crippen LogP contribution in [-0.2, 0) is 0 Å². The van der Waals surface area contributed by atoms with E-state index in [9.17, 15) is 0 Å². The Bertz CT molecular complexity index is 469. The Morgan fingerprint density at radius 1 is 1.25 bits per heavy atom. The van der Waals surface area contributed by atoms with Gasteiger partial charge in [-0.15, -0.1) is 0 Å². The summed E-state index contributed by atoms with van der Waals surface area (Å²) >= 11 is 6.02. The molecule has 1 unspecified atom stereocenters. The molecule has 110 valence electrons. The highest BCUT2D eigenvalue weighted by atomic mass is 35.5. The van der Waals surface area contributed by atoms with Crippen molar-refractivity contribution in [2.45, 2.75) is 44.6 Å². The monoisotopic (exact) mass is 291 g/mol. The Labute approximate surface area is 128 Å². The molecule has 1 aromatic carbocycles. The summed E-state index contributed by atoms with van der Waals surface area (Å²) in [4.78, 5) is 2.39. The lowest BCUT2D eigenvalue weighted by Gasteiger charge is -2.31. The zero-order chi connectivity index (χ0) is 14.9. The number of hydrogen-bond acceptors (Lipinski definition) is 1. The van der Waals surface area contributed by atoms with Crippen molar-refractivity contribution < 1.29 is 0 Å². The van der Waals surface area contributed by atoms with Crippen LogP contribution in [0.3, 0.4) is 0 Å². The standard InChI is InChI=1S/C18H26ClN/c1-13(2)14(3)17(12-18(10-11-18)20(4)5)15-6-8-16(19)9-7-15/h6-9,13,17H,3,10-12H2,1-2,4-5H3. The molecular formula is C18H26ClN. The lowest BCUT2D eigenvalue weighted by molar-refractivity contribution is 0.245. The molecule has 1 nitrogen and oxygen atoms in total. The van der Waals surface area contributed by atoms with Gasteiger partial charge in [-0.05, 0) is 57.0 Å². The van der Waals surface area contributed by atoms with Gasteiger partial charge in [0.05, 0.1) is 0 Å². The summed E-state index contributed by atoms with van der Waals surface area (Å²) in [6, 6.07) is 8.30. The van der Waals surface area contributed by atoms with E-state index in [2.05, 4.69) is 51.6 Å². The fourth-order valence-electron chi connectivity index (χ4n) is 2.92. The number of halogens is 1. The van der Waals surface area contributed by atoms with E-state index >= 15 is 0 Å². The lowest BCUT2D eigenvalue weighted by Crippen LogP contribution is -2.32. The van der Waals surface area contributed by atoms with Gasteiger partial charge in [-0.1, -0.05) is 49.7 Å². The van der Waals surface area contributed by atoms with E-state index in [0.717, 1.165) is 5.02 Å². The van der Waals surface area contributed by atoms with Crippen LogP contribution in [0, 0.1) is 5.92 Å². The van der Waals surface area contributed by atoms with Crippen LogP contribution in [0.2, 0.25) is 5.02 Å². The van der Waals surface area contributed by atoms with Gasteiger partial charge >= 0.3 is 0 Å². The molecular weight excluding hydrogens is 266 g/mol. The summed E-state index contributed by atoms with van der Waals surface area (Å²) in [7, 11) is 4.40. The van der Waals surface area contributed by atoms with Crippen molar-refractivity contribution in [3.63, 3.8) is 0 Å². The molecule has 1 atom stereocenters. The summed E-state index contributed by atoms with van der Waals surface area (Å²) < 4.78 is 0. The Hall–Kier alpha value is -0.790. The summed E-state index contributed by atoms with van der Waals surface area (Å²) in [5.74, 6) is 0.936. The van der Waals surface area contributed by atoms with E-state index in [0.29, 0.717) is 17.4 Å². The Morgan fingerprint density at radius 2 is 1.80 bits per heavy atom. The molecule has 0 aliphatic heterocycles.